The van der Waals surface area contributed by atoms with Crippen molar-refractivity contribution in [3.05, 3.63) is 22.6 Å². The van der Waals surface area contributed by atoms with Crippen LogP contribution in [-0.2, 0) is 10.0 Å². The average Bonchev–Trinajstić information content (AvgIpc) is 1.81. The highest BCUT2D eigenvalue weighted by Crippen LogP contribution is 2.07. The van der Waals surface area contributed by atoms with Gasteiger partial charge in [0.2, 0.25) is 10.0 Å². The van der Waals surface area contributed by atoms with Gasteiger partial charge in [-0.3, -0.25) is 0 Å². The first-order valence-electron chi connectivity index (χ1n) is 4.14. The Labute approximate surface area is 80.4 Å². The van der Waals surface area contributed by atoms with Crippen LogP contribution in [0.15, 0.2) is 22.6 Å². The van der Waals surface area contributed by atoms with Crippen LogP contribution >= 0.6 is 0 Å². The first kappa shape index (κ1) is 12.4. The number of hydrogen-bond donors (Lipinski definition) is 1. The van der Waals surface area contributed by atoms with Crippen LogP contribution in [0, 0.1) is 0 Å². The molecule has 0 amide bonds. The topological polar surface area (TPSA) is 60.2 Å². The number of allylic oxidation sites excluding steroid dienone is 3. The van der Waals surface area contributed by atoms with Crippen molar-refractivity contribution in [2.45, 2.75) is 33.6 Å². The first-order valence-corrected chi connectivity index (χ1v) is 5.75. The Bertz CT molecular complexity index is 309. The van der Waals surface area contributed by atoms with Crippen molar-refractivity contribution in [1.82, 2.24) is 0 Å². The summed E-state index contributed by atoms with van der Waals surface area (Å²) in [4.78, 5) is 0. The lowest BCUT2D eigenvalue weighted by Crippen LogP contribution is -2.07. The second-order valence-corrected chi connectivity index (χ2v) is 4.79. The van der Waals surface area contributed by atoms with E-state index in [9.17, 15) is 8.42 Å². The summed E-state index contributed by atoms with van der Waals surface area (Å²) in [6, 6.07) is 0. The predicted octanol–water partition coefficient (Wildman–Crippen LogP) is 1.93. The van der Waals surface area contributed by atoms with Crippen LogP contribution in [0.5, 0.6) is 0 Å². The zero-order valence-corrected chi connectivity index (χ0v) is 9.19. The third kappa shape index (κ3) is 9.30. The fourth-order valence-electron chi connectivity index (χ4n) is 0.928. The monoisotopic (exact) mass is 203 g/mol. The van der Waals surface area contributed by atoms with E-state index in [4.69, 9.17) is 5.14 Å². The molecule has 0 rings (SSSR count). The highest BCUT2D eigenvalue weighted by Gasteiger charge is 1.97. The Morgan fingerprint density at radius 1 is 1.31 bits per heavy atom. The molecule has 0 atom stereocenters. The van der Waals surface area contributed by atoms with Crippen molar-refractivity contribution in [3.63, 3.8) is 0 Å². The maximum atomic E-state index is 10.6. The van der Waals surface area contributed by atoms with Crippen LogP contribution in [0.3, 0.4) is 0 Å². The van der Waals surface area contributed by atoms with Gasteiger partial charge in [0, 0.05) is 5.41 Å². The maximum absolute atomic E-state index is 10.6. The van der Waals surface area contributed by atoms with E-state index in [2.05, 4.69) is 6.08 Å². The van der Waals surface area contributed by atoms with E-state index >= 15 is 0 Å². The molecule has 3 nitrogen and oxygen atoms in total. The van der Waals surface area contributed by atoms with Crippen LogP contribution in [0.2, 0.25) is 0 Å². The van der Waals surface area contributed by atoms with Crippen LogP contribution in [-0.4, -0.2) is 8.42 Å². The van der Waals surface area contributed by atoms with Crippen molar-refractivity contribution in [3.8, 4) is 0 Å². The van der Waals surface area contributed by atoms with Crippen LogP contribution < -0.4 is 5.14 Å². The highest BCUT2D eigenvalue weighted by atomic mass is 32.2. The SMILES string of the molecule is CC(C)=CCCC(C)=CS(N)(=O)=O. The minimum Gasteiger partial charge on any atom is -0.225 e. The second-order valence-electron chi connectivity index (χ2n) is 3.37. The normalized spacial score (nSPS) is 12.8. The molecule has 0 aromatic heterocycles. The molecule has 2 N–H and O–H groups in total. The molecule has 0 saturated carbocycles. The van der Waals surface area contributed by atoms with Crippen molar-refractivity contribution >= 4 is 10.0 Å². The van der Waals surface area contributed by atoms with E-state index in [1.54, 1.807) is 6.92 Å². The minimum atomic E-state index is -3.46. The zero-order valence-electron chi connectivity index (χ0n) is 8.37. The van der Waals surface area contributed by atoms with Crippen molar-refractivity contribution < 1.29 is 8.42 Å². The average molecular weight is 203 g/mol. The molecule has 4 heteroatoms. The molecule has 0 fully saturated rings. The molecule has 0 aliphatic carbocycles. The summed E-state index contributed by atoms with van der Waals surface area (Å²) in [6.45, 7) is 5.79. The van der Waals surface area contributed by atoms with Gasteiger partial charge in [-0.15, -0.1) is 0 Å². The van der Waals surface area contributed by atoms with Gasteiger partial charge in [-0.1, -0.05) is 17.2 Å². The lowest BCUT2D eigenvalue weighted by molar-refractivity contribution is 0.606. The zero-order chi connectivity index (χ0) is 10.5. The molecule has 0 spiro atoms. The number of rotatable bonds is 4. The van der Waals surface area contributed by atoms with Gasteiger partial charge < -0.3 is 0 Å². The van der Waals surface area contributed by atoms with Gasteiger partial charge in [0.05, 0.1) is 0 Å². The quantitative estimate of drug-likeness (QED) is 0.710. The van der Waals surface area contributed by atoms with Crippen LogP contribution in [0.1, 0.15) is 33.6 Å². The summed E-state index contributed by atoms with van der Waals surface area (Å²) in [6.07, 6.45) is 3.67. The van der Waals surface area contributed by atoms with E-state index in [-0.39, 0.29) is 0 Å². The molecule has 0 heterocycles. The fourth-order valence-corrected chi connectivity index (χ4v) is 1.61. The van der Waals surface area contributed by atoms with E-state index in [1.807, 2.05) is 13.8 Å². The van der Waals surface area contributed by atoms with Gasteiger partial charge >= 0.3 is 0 Å². The smallest absolute Gasteiger partial charge is 0.225 e. The van der Waals surface area contributed by atoms with Crippen molar-refractivity contribution in [2.75, 3.05) is 0 Å². The summed E-state index contributed by atoms with van der Waals surface area (Å²) in [5, 5.41) is 5.97. The lowest BCUT2D eigenvalue weighted by Gasteiger charge is -1.97. The Hall–Kier alpha value is -0.610. The van der Waals surface area contributed by atoms with Gasteiger partial charge in [-0.2, -0.15) is 0 Å². The molecule has 0 aromatic rings. The van der Waals surface area contributed by atoms with E-state index in [0.717, 1.165) is 23.8 Å². The largest absolute Gasteiger partial charge is 0.231 e. The third-order valence-electron chi connectivity index (χ3n) is 1.46. The second kappa shape index (κ2) is 5.19. The minimum absolute atomic E-state index is 0.738. The molecule has 0 saturated heterocycles. The Morgan fingerprint density at radius 3 is 2.23 bits per heavy atom. The molecule has 0 bridgehead atoms. The number of hydrogen-bond acceptors (Lipinski definition) is 2. The van der Waals surface area contributed by atoms with Gasteiger partial charge in [0.15, 0.2) is 0 Å². The van der Waals surface area contributed by atoms with E-state index in [1.165, 1.54) is 5.57 Å². The number of nitrogens with two attached hydrogens (primary N) is 1. The van der Waals surface area contributed by atoms with Crippen LogP contribution in [0.25, 0.3) is 0 Å². The number of sulfonamides is 1. The van der Waals surface area contributed by atoms with Gasteiger partial charge in [0.25, 0.3) is 0 Å². The maximum Gasteiger partial charge on any atom is 0.231 e. The van der Waals surface area contributed by atoms with Gasteiger partial charge in [-0.05, 0) is 33.6 Å². The number of primary sulfonamides is 1. The predicted molar refractivity (Wildman–Crippen MR) is 55.5 cm³/mol. The summed E-state index contributed by atoms with van der Waals surface area (Å²) in [5.41, 5.74) is 2.03. The summed E-state index contributed by atoms with van der Waals surface area (Å²) in [5.74, 6) is 0. The van der Waals surface area contributed by atoms with Gasteiger partial charge in [-0.25, -0.2) is 13.6 Å². The van der Waals surface area contributed by atoms with Crippen molar-refractivity contribution in [2.24, 2.45) is 5.14 Å². The first-order chi connectivity index (χ1) is 5.81. The molecule has 0 unspecified atom stereocenters. The lowest BCUT2D eigenvalue weighted by atomic mass is 10.1. The summed E-state index contributed by atoms with van der Waals surface area (Å²) < 4.78 is 21.2. The molecule has 0 aliphatic heterocycles. The molecule has 13 heavy (non-hydrogen) atoms. The molecule has 0 radical (unpaired) electrons. The van der Waals surface area contributed by atoms with E-state index in [0.29, 0.717) is 0 Å². The Morgan fingerprint density at radius 2 is 1.85 bits per heavy atom. The molecule has 0 aromatic carbocycles. The third-order valence-corrected chi connectivity index (χ3v) is 2.19. The van der Waals surface area contributed by atoms with Crippen molar-refractivity contribution in [1.29, 1.82) is 0 Å². The summed E-state index contributed by atoms with van der Waals surface area (Å²) >= 11 is 0. The standard InChI is InChI=1S/C9H17NO2S/c1-8(2)5-4-6-9(3)7-13(10,11)12/h5,7H,4,6H2,1-3H3,(H2,10,11,12). The molecule has 76 valence electrons. The highest BCUT2D eigenvalue weighted by molar-refractivity contribution is 7.92. The molecular formula is C9H17NO2S. The summed E-state index contributed by atoms with van der Waals surface area (Å²) in [7, 11) is -3.46. The molecular weight excluding hydrogens is 186 g/mol. The van der Waals surface area contributed by atoms with Crippen LogP contribution in [0.4, 0.5) is 0 Å². The fraction of sp³-hybridized carbons (Fsp3) is 0.556. The Balaban J connectivity index is 4.11. The van der Waals surface area contributed by atoms with E-state index < -0.39 is 10.0 Å². The Kier molecular flexibility index (Phi) is 4.95. The van der Waals surface area contributed by atoms with Gasteiger partial charge in [0.1, 0.15) is 0 Å². The molecule has 0 aliphatic rings.